The number of thioether (sulfide) groups is 1. The highest BCUT2D eigenvalue weighted by Crippen LogP contribution is 2.41. The molecule has 1 fully saturated rings. The Bertz CT molecular complexity index is 449. The van der Waals surface area contributed by atoms with Gasteiger partial charge < -0.3 is 4.74 Å². The largest absolute Gasteiger partial charge is 0.468 e. The molecule has 0 spiro atoms. The number of carbonyl (C=O) groups is 1. The van der Waals surface area contributed by atoms with Crippen molar-refractivity contribution in [1.29, 1.82) is 0 Å². The van der Waals surface area contributed by atoms with E-state index in [4.69, 9.17) is 4.74 Å². The standard InChI is InChI=1S/C9H13N3O3S/c1-12-8(14)10-11-9(12)16-6(5-3-4-5)7(13)15-2/h5-6H,3-4H2,1-2H3,(H,10,14). The Kier molecular flexibility index (Phi) is 3.04. The van der Waals surface area contributed by atoms with Crippen LogP contribution in [0.4, 0.5) is 0 Å². The number of aromatic nitrogens is 3. The van der Waals surface area contributed by atoms with Gasteiger partial charge in [-0.3, -0.25) is 9.36 Å². The van der Waals surface area contributed by atoms with Crippen LogP contribution in [0.1, 0.15) is 12.8 Å². The molecule has 1 saturated carbocycles. The van der Waals surface area contributed by atoms with Crippen LogP contribution in [-0.4, -0.2) is 33.1 Å². The molecule has 1 aliphatic rings. The fraction of sp³-hybridized carbons (Fsp3) is 0.667. The maximum atomic E-state index is 11.5. The first-order valence-corrected chi connectivity index (χ1v) is 5.87. The maximum Gasteiger partial charge on any atom is 0.343 e. The Morgan fingerprint density at radius 2 is 2.38 bits per heavy atom. The zero-order valence-corrected chi connectivity index (χ0v) is 9.91. The lowest BCUT2D eigenvalue weighted by Crippen LogP contribution is -2.22. The highest BCUT2D eigenvalue weighted by atomic mass is 32.2. The van der Waals surface area contributed by atoms with Crippen molar-refractivity contribution in [3.63, 3.8) is 0 Å². The minimum Gasteiger partial charge on any atom is -0.468 e. The summed E-state index contributed by atoms with van der Waals surface area (Å²) in [7, 11) is 3.00. The van der Waals surface area contributed by atoms with Gasteiger partial charge in [-0.15, -0.1) is 5.10 Å². The molecule has 0 amide bonds. The molecule has 1 N–H and O–H groups in total. The summed E-state index contributed by atoms with van der Waals surface area (Å²) in [6, 6.07) is 0. The molecule has 1 aromatic heterocycles. The molecular formula is C9H13N3O3S. The minimum atomic E-state index is -0.276. The van der Waals surface area contributed by atoms with E-state index in [0.29, 0.717) is 11.1 Å². The summed E-state index contributed by atoms with van der Waals surface area (Å²) in [5.41, 5.74) is -0.276. The normalized spacial score (nSPS) is 17.1. The quantitative estimate of drug-likeness (QED) is 0.602. The molecule has 0 aliphatic heterocycles. The number of aromatic amines is 1. The smallest absolute Gasteiger partial charge is 0.343 e. The Hall–Kier alpha value is -1.24. The van der Waals surface area contributed by atoms with Gasteiger partial charge in [-0.1, -0.05) is 11.8 Å². The highest BCUT2D eigenvalue weighted by molar-refractivity contribution is 8.00. The molecule has 0 saturated heterocycles. The van der Waals surface area contributed by atoms with Crippen LogP contribution in [0.5, 0.6) is 0 Å². The molecule has 2 rings (SSSR count). The predicted molar refractivity (Wildman–Crippen MR) is 58.2 cm³/mol. The summed E-state index contributed by atoms with van der Waals surface area (Å²) < 4.78 is 6.14. The summed E-state index contributed by atoms with van der Waals surface area (Å²) in [6.07, 6.45) is 2.07. The van der Waals surface area contributed by atoms with Crippen molar-refractivity contribution >= 4 is 17.7 Å². The van der Waals surface area contributed by atoms with Gasteiger partial charge in [0.05, 0.1) is 7.11 Å². The molecule has 0 bridgehead atoms. The van der Waals surface area contributed by atoms with Crippen LogP contribution in [0, 0.1) is 5.92 Å². The third-order valence-corrected chi connectivity index (χ3v) is 3.96. The second kappa shape index (κ2) is 4.32. The molecule has 1 unspecified atom stereocenters. The lowest BCUT2D eigenvalue weighted by atomic mass is 10.3. The van der Waals surface area contributed by atoms with Gasteiger partial charge in [-0.05, 0) is 18.8 Å². The second-order valence-corrected chi connectivity index (χ2v) is 4.88. The Morgan fingerprint density at radius 3 is 2.81 bits per heavy atom. The zero-order chi connectivity index (χ0) is 11.7. The highest BCUT2D eigenvalue weighted by Gasteiger charge is 2.38. The summed E-state index contributed by atoms with van der Waals surface area (Å²) in [4.78, 5) is 22.7. The summed E-state index contributed by atoms with van der Waals surface area (Å²) in [6.45, 7) is 0. The first-order valence-electron chi connectivity index (χ1n) is 4.99. The molecular weight excluding hydrogens is 230 g/mol. The van der Waals surface area contributed by atoms with Crippen molar-refractivity contribution in [1.82, 2.24) is 14.8 Å². The number of hydrogen-bond donors (Lipinski definition) is 1. The summed E-state index contributed by atoms with van der Waals surface area (Å²) in [5.74, 6) is 0.104. The molecule has 1 aromatic rings. The van der Waals surface area contributed by atoms with E-state index in [9.17, 15) is 9.59 Å². The molecule has 88 valence electrons. The monoisotopic (exact) mass is 243 g/mol. The third kappa shape index (κ3) is 2.13. The predicted octanol–water partition coefficient (Wildman–Crippen LogP) is 0.152. The van der Waals surface area contributed by atoms with E-state index in [1.165, 1.54) is 23.4 Å². The van der Waals surface area contributed by atoms with Crippen LogP contribution in [0.3, 0.4) is 0 Å². The maximum absolute atomic E-state index is 11.5. The van der Waals surface area contributed by atoms with E-state index < -0.39 is 0 Å². The lowest BCUT2D eigenvalue weighted by Gasteiger charge is -2.11. The average molecular weight is 243 g/mol. The topological polar surface area (TPSA) is 77.0 Å². The number of esters is 1. The zero-order valence-electron chi connectivity index (χ0n) is 9.10. The van der Waals surface area contributed by atoms with E-state index >= 15 is 0 Å². The van der Waals surface area contributed by atoms with E-state index in [1.807, 2.05) is 0 Å². The Morgan fingerprint density at radius 1 is 1.69 bits per heavy atom. The van der Waals surface area contributed by atoms with Crippen LogP contribution >= 0.6 is 11.8 Å². The van der Waals surface area contributed by atoms with Crippen molar-refractivity contribution in [3.05, 3.63) is 10.5 Å². The molecule has 16 heavy (non-hydrogen) atoms. The van der Waals surface area contributed by atoms with E-state index in [0.717, 1.165) is 12.8 Å². The van der Waals surface area contributed by atoms with Gasteiger partial charge >= 0.3 is 11.7 Å². The van der Waals surface area contributed by atoms with E-state index in [-0.39, 0.29) is 16.9 Å². The second-order valence-electron chi connectivity index (χ2n) is 3.77. The molecule has 1 atom stereocenters. The van der Waals surface area contributed by atoms with Gasteiger partial charge in [0.1, 0.15) is 5.25 Å². The van der Waals surface area contributed by atoms with Gasteiger partial charge in [0.25, 0.3) is 0 Å². The molecule has 6 nitrogen and oxygen atoms in total. The fourth-order valence-corrected chi connectivity index (χ4v) is 2.63. The number of hydrogen-bond acceptors (Lipinski definition) is 5. The van der Waals surface area contributed by atoms with Crippen LogP contribution < -0.4 is 5.69 Å². The Labute approximate surface area is 96.4 Å². The van der Waals surface area contributed by atoms with Crippen molar-refractivity contribution in [2.45, 2.75) is 23.2 Å². The van der Waals surface area contributed by atoms with Gasteiger partial charge in [0, 0.05) is 7.05 Å². The van der Waals surface area contributed by atoms with Gasteiger partial charge in [0.2, 0.25) is 0 Å². The van der Waals surface area contributed by atoms with Crippen molar-refractivity contribution in [3.8, 4) is 0 Å². The molecule has 0 radical (unpaired) electrons. The number of nitrogens with zero attached hydrogens (tertiary/aromatic N) is 2. The lowest BCUT2D eigenvalue weighted by molar-refractivity contribution is -0.140. The number of rotatable bonds is 4. The number of carbonyl (C=O) groups excluding carboxylic acids is 1. The molecule has 7 heteroatoms. The summed E-state index contributed by atoms with van der Waals surface area (Å²) >= 11 is 1.29. The van der Waals surface area contributed by atoms with Crippen molar-refractivity contribution < 1.29 is 9.53 Å². The number of nitrogens with one attached hydrogen (secondary N) is 1. The van der Waals surface area contributed by atoms with Crippen LogP contribution in [-0.2, 0) is 16.6 Å². The summed E-state index contributed by atoms with van der Waals surface area (Å²) in [5, 5.41) is 6.48. The third-order valence-electron chi connectivity index (χ3n) is 2.55. The molecule has 0 aromatic carbocycles. The SMILES string of the molecule is COC(=O)C(Sc1n[nH]c(=O)n1C)C1CC1. The van der Waals surface area contributed by atoms with Crippen LogP contribution in [0.15, 0.2) is 9.95 Å². The van der Waals surface area contributed by atoms with Crippen LogP contribution in [0.2, 0.25) is 0 Å². The molecule has 1 aliphatic carbocycles. The minimum absolute atomic E-state index is 0.247. The average Bonchev–Trinajstić information content (AvgIpc) is 3.07. The van der Waals surface area contributed by atoms with Crippen molar-refractivity contribution in [2.75, 3.05) is 7.11 Å². The van der Waals surface area contributed by atoms with Gasteiger partial charge in [-0.25, -0.2) is 9.89 Å². The van der Waals surface area contributed by atoms with Gasteiger partial charge in [0.15, 0.2) is 5.16 Å². The van der Waals surface area contributed by atoms with E-state index in [1.54, 1.807) is 7.05 Å². The van der Waals surface area contributed by atoms with Gasteiger partial charge in [-0.2, -0.15) is 0 Å². The Balaban J connectivity index is 2.14. The first-order chi connectivity index (χ1) is 7.63. The van der Waals surface area contributed by atoms with E-state index in [2.05, 4.69) is 10.2 Å². The number of H-pyrrole nitrogens is 1. The first kappa shape index (κ1) is 11.3. The van der Waals surface area contributed by atoms with Crippen molar-refractivity contribution in [2.24, 2.45) is 13.0 Å². The number of methoxy groups -OCH3 is 1. The number of ether oxygens (including phenoxy) is 1. The molecule has 1 heterocycles. The fourth-order valence-electron chi connectivity index (χ4n) is 1.40. The van der Waals surface area contributed by atoms with Crippen LogP contribution in [0.25, 0.3) is 0 Å².